The zero-order valence-corrected chi connectivity index (χ0v) is 17.1. The molecule has 0 aliphatic rings. The first-order valence-corrected chi connectivity index (χ1v) is 9.67. The largest absolute Gasteiger partial charge is 0.352 e. The van der Waals surface area contributed by atoms with Crippen LogP contribution < -0.4 is 10.6 Å². The second-order valence-corrected chi connectivity index (χ2v) is 7.00. The highest BCUT2D eigenvalue weighted by Gasteiger charge is 2.13. The van der Waals surface area contributed by atoms with Gasteiger partial charge in [-0.05, 0) is 31.9 Å². The molecule has 1 heterocycles. The van der Waals surface area contributed by atoms with Crippen LogP contribution in [0.15, 0.2) is 65.7 Å². The van der Waals surface area contributed by atoms with Gasteiger partial charge in [-0.25, -0.2) is 0 Å². The Morgan fingerprint density at radius 3 is 2.32 bits per heavy atom. The van der Waals surface area contributed by atoms with Crippen LogP contribution in [-0.2, 0) is 13.1 Å². The van der Waals surface area contributed by atoms with Crippen LogP contribution in [0.25, 0.3) is 0 Å². The molecule has 0 bridgehead atoms. The summed E-state index contributed by atoms with van der Waals surface area (Å²) < 4.78 is 2.07. The quantitative estimate of drug-likeness (QED) is 0.506. The summed E-state index contributed by atoms with van der Waals surface area (Å²) in [6, 6.07) is 21.0. The van der Waals surface area contributed by atoms with Crippen LogP contribution in [-0.4, -0.2) is 22.8 Å². The summed E-state index contributed by atoms with van der Waals surface area (Å²) in [4.78, 5) is 4.37. The van der Waals surface area contributed by atoms with Crippen molar-refractivity contribution in [2.45, 2.75) is 39.9 Å². The van der Waals surface area contributed by atoms with E-state index in [9.17, 15) is 0 Å². The van der Waals surface area contributed by atoms with E-state index in [1.807, 2.05) is 12.1 Å². The van der Waals surface area contributed by atoms with E-state index >= 15 is 0 Å². The molecule has 1 unspecified atom stereocenters. The van der Waals surface area contributed by atoms with Gasteiger partial charge in [-0.15, -0.1) is 0 Å². The van der Waals surface area contributed by atoms with Crippen molar-refractivity contribution in [3.8, 4) is 0 Å². The lowest BCUT2D eigenvalue weighted by Gasteiger charge is -2.18. The van der Waals surface area contributed by atoms with Crippen LogP contribution in [0.5, 0.6) is 0 Å². The van der Waals surface area contributed by atoms with Gasteiger partial charge in [-0.2, -0.15) is 5.10 Å². The van der Waals surface area contributed by atoms with E-state index in [4.69, 9.17) is 5.10 Å². The second-order valence-electron chi connectivity index (χ2n) is 7.00. The highest BCUT2D eigenvalue weighted by molar-refractivity contribution is 5.80. The first kappa shape index (κ1) is 19.7. The Labute approximate surface area is 167 Å². The maximum Gasteiger partial charge on any atom is 0.191 e. The average Bonchev–Trinajstić information content (AvgIpc) is 2.99. The molecule has 3 rings (SSSR count). The van der Waals surface area contributed by atoms with Crippen molar-refractivity contribution < 1.29 is 0 Å². The summed E-state index contributed by atoms with van der Waals surface area (Å²) in [5.74, 6) is 0.783. The lowest BCUT2D eigenvalue weighted by atomic mass is 10.1. The molecule has 0 spiro atoms. The minimum Gasteiger partial charge on any atom is -0.352 e. The minimum absolute atomic E-state index is 0.176. The Kier molecular flexibility index (Phi) is 6.48. The second kappa shape index (κ2) is 9.22. The summed E-state index contributed by atoms with van der Waals surface area (Å²) in [5, 5.41) is 11.6. The number of nitrogens with one attached hydrogen (secondary N) is 2. The van der Waals surface area contributed by atoms with Crippen LogP contribution in [0.4, 0.5) is 0 Å². The summed E-state index contributed by atoms with van der Waals surface area (Å²) >= 11 is 0. The topological polar surface area (TPSA) is 54.2 Å². The number of guanidine groups is 1. The van der Waals surface area contributed by atoms with E-state index in [0.717, 1.165) is 18.2 Å². The summed E-state index contributed by atoms with van der Waals surface area (Å²) in [7, 11) is 1.80. The molecule has 0 radical (unpaired) electrons. The van der Waals surface area contributed by atoms with Gasteiger partial charge in [0.25, 0.3) is 0 Å². The fraction of sp³-hybridized carbons (Fsp3) is 0.304. The maximum absolute atomic E-state index is 4.73. The first-order chi connectivity index (χ1) is 13.6. The van der Waals surface area contributed by atoms with Crippen molar-refractivity contribution in [1.29, 1.82) is 0 Å². The van der Waals surface area contributed by atoms with Crippen molar-refractivity contribution in [3.05, 3.63) is 88.7 Å². The van der Waals surface area contributed by atoms with Gasteiger partial charge in [0.1, 0.15) is 0 Å². The molecule has 0 aliphatic heterocycles. The SMILES string of the molecule is CN=C(NCc1c(C)nn(Cc2ccccc2)c1C)NC(C)c1ccccc1. The Bertz CT molecular complexity index is 913. The molecular formula is C23H29N5. The molecule has 0 amide bonds. The normalized spacial score (nSPS) is 12.6. The molecule has 1 atom stereocenters. The third-order valence-corrected chi connectivity index (χ3v) is 5.02. The highest BCUT2D eigenvalue weighted by atomic mass is 15.3. The first-order valence-electron chi connectivity index (χ1n) is 9.67. The third-order valence-electron chi connectivity index (χ3n) is 5.02. The van der Waals surface area contributed by atoms with E-state index in [0.29, 0.717) is 6.54 Å². The van der Waals surface area contributed by atoms with Crippen LogP contribution in [0.2, 0.25) is 0 Å². The van der Waals surface area contributed by atoms with Gasteiger partial charge >= 0.3 is 0 Å². The molecule has 1 aromatic heterocycles. The molecule has 0 saturated carbocycles. The van der Waals surface area contributed by atoms with Gasteiger partial charge in [0.05, 0.1) is 18.3 Å². The van der Waals surface area contributed by atoms with Gasteiger partial charge in [0.2, 0.25) is 0 Å². The number of aryl methyl sites for hydroxylation is 1. The molecule has 28 heavy (non-hydrogen) atoms. The highest BCUT2D eigenvalue weighted by Crippen LogP contribution is 2.15. The van der Waals surface area contributed by atoms with Gasteiger partial charge in [0, 0.05) is 24.8 Å². The monoisotopic (exact) mass is 375 g/mol. The van der Waals surface area contributed by atoms with Crippen LogP contribution in [0.3, 0.4) is 0 Å². The van der Waals surface area contributed by atoms with Gasteiger partial charge in [-0.1, -0.05) is 60.7 Å². The van der Waals surface area contributed by atoms with Gasteiger partial charge < -0.3 is 10.6 Å². The Morgan fingerprint density at radius 2 is 1.68 bits per heavy atom. The van der Waals surface area contributed by atoms with E-state index < -0.39 is 0 Å². The number of hydrogen-bond acceptors (Lipinski definition) is 2. The van der Waals surface area contributed by atoms with Crippen molar-refractivity contribution >= 4 is 5.96 Å². The maximum atomic E-state index is 4.73. The Morgan fingerprint density at radius 1 is 1.04 bits per heavy atom. The van der Waals surface area contributed by atoms with Crippen LogP contribution >= 0.6 is 0 Å². The van der Waals surface area contributed by atoms with E-state index in [1.54, 1.807) is 7.05 Å². The molecule has 2 N–H and O–H groups in total. The van der Waals surface area contributed by atoms with E-state index in [-0.39, 0.29) is 6.04 Å². The fourth-order valence-electron chi connectivity index (χ4n) is 3.30. The van der Waals surface area contributed by atoms with E-state index in [1.165, 1.54) is 22.4 Å². The van der Waals surface area contributed by atoms with Crippen LogP contribution in [0, 0.1) is 13.8 Å². The fourth-order valence-corrected chi connectivity index (χ4v) is 3.30. The molecule has 5 nitrogen and oxygen atoms in total. The lowest BCUT2D eigenvalue weighted by Crippen LogP contribution is -2.38. The number of aromatic nitrogens is 2. The number of nitrogens with zero attached hydrogens (tertiary/aromatic N) is 3. The molecule has 3 aromatic rings. The molecule has 0 aliphatic carbocycles. The van der Waals surface area contributed by atoms with Crippen molar-refractivity contribution in [2.75, 3.05) is 7.05 Å². The van der Waals surface area contributed by atoms with Gasteiger partial charge in [-0.3, -0.25) is 9.67 Å². The third kappa shape index (κ3) is 4.80. The summed E-state index contributed by atoms with van der Waals surface area (Å²) in [6.45, 7) is 7.80. The number of aliphatic imine (C=N–C) groups is 1. The predicted octanol–water partition coefficient (Wildman–Crippen LogP) is 3.97. The molecule has 0 saturated heterocycles. The van der Waals surface area contributed by atoms with Crippen molar-refractivity contribution in [3.63, 3.8) is 0 Å². The number of rotatable bonds is 6. The lowest BCUT2D eigenvalue weighted by molar-refractivity contribution is 0.656. The average molecular weight is 376 g/mol. The Hall–Kier alpha value is -3.08. The summed E-state index contributed by atoms with van der Waals surface area (Å²) in [5.41, 5.74) is 5.93. The smallest absolute Gasteiger partial charge is 0.191 e. The van der Waals surface area contributed by atoms with Crippen molar-refractivity contribution in [1.82, 2.24) is 20.4 Å². The molecular weight excluding hydrogens is 346 g/mol. The minimum atomic E-state index is 0.176. The van der Waals surface area contributed by atoms with Crippen LogP contribution in [0.1, 0.15) is 41.0 Å². The molecule has 2 aromatic carbocycles. The predicted molar refractivity (Wildman–Crippen MR) is 115 cm³/mol. The zero-order chi connectivity index (χ0) is 19.9. The van der Waals surface area contributed by atoms with Gasteiger partial charge in [0.15, 0.2) is 5.96 Å². The number of benzene rings is 2. The van der Waals surface area contributed by atoms with E-state index in [2.05, 4.69) is 89.6 Å². The Balaban J connectivity index is 1.64. The van der Waals surface area contributed by atoms with Crippen molar-refractivity contribution in [2.24, 2.45) is 4.99 Å². The molecule has 5 heteroatoms. The standard InChI is InChI=1S/C23H29N5/c1-17(21-13-9-6-10-14-21)26-23(24-4)25-15-22-18(2)27-28(19(22)3)16-20-11-7-5-8-12-20/h5-14,17H,15-16H2,1-4H3,(H2,24,25,26). The molecule has 146 valence electrons. The zero-order valence-electron chi connectivity index (χ0n) is 17.1. The summed E-state index contributed by atoms with van der Waals surface area (Å²) in [6.07, 6.45) is 0. The number of hydrogen-bond donors (Lipinski definition) is 2. The molecule has 0 fully saturated rings.